The molecular formula is C17H22N2S. The highest BCUT2D eigenvalue weighted by Gasteiger charge is 2.42. The Morgan fingerprint density at radius 2 is 2.10 bits per heavy atom. The third-order valence-corrected chi connectivity index (χ3v) is 5.60. The second kappa shape index (κ2) is 4.97. The van der Waals surface area contributed by atoms with Gasteiger partial charge in [0.25, 0.3) is 0 Å². The lowest BCUT2D eigenvalue weighted by atomic mass is 9.91. The maximum Gasteiger partial charge on any atom is 0.118 e. The standard InChI is InChI=1S/C17H22N2S/c1-5-18-17(16-19-12(3)13(4)20-16)9-8-14-7-6-11(2)10-15(14)17/h6-7,10,18H,5,8-9H2,1-4H3. The summed E-state index contributed by atoms with van der Waals surface area (Å²) < 4.78 is 0. The van der Waals surface area contributed by atoms with Crippen molar-refractivity contribution in [1.82, 2.24) is 10.3 Å². The first-order valence-corrected chi connectivity index (χ1v) is 8.18. The molecule has 1 N–H and O–H groups in total. The maximum atomic E-state index is 4.87. The molecule has 3 rings (SSSR count). The summed E-state index contributed by atoms with van der Waals surface area (Å²) in [4.78, 5) is 6.20. The van der Waals surface area contributed by atoms with Gasteiger partial charge in [0.05, 0.1) is 11.2 Å². The Labute approximate surface area is 125 Å². The molecule has 1 heterocycles. The lowest BCUT2D eigenvalue weighted by Crippen LogP contribution is -2.41. The van der Waals surface area contributed by atoms with Crippen molar-refractivity contribution in [2.75, 3.05) is 6.54 Å². The topological polar surface area (TPSA) is 24.9 Å². The smallest absolute Gasteiger partial charge is 0.118 e. The summed E-state index contributed by atoms with van der Waals surface area (Å²) in [5.74, 6) is 0. The van der Waals surface area contributed by atoms with E-state index in [0.717, 1.165) is 19.4 Å². The Bertz CT molecular complexity index is 621. The zero-order chi connectivity index (χ0) is 14.3. The SMILES string of the molecule is CCNC1(c2nc(C)c(C)s2)CCc2ccc(C)cc21. The van der Waals surface area contributed by atoms with Gasteiger partial charge < -0.3 is 5.32 Å². The van der Waals surface area contributed by atoms with Crippen LogP contribution in [0.15, 0.2) is 18.2 Å². The van der Waals surface area contributed by atoms with E-state index in [9.17, 15) is 0 Å². The lowest BCUT2D eigenvalue weighted by Gasteiger charge is -2.29. The number of nitrogens with zero attached hydrogens (tertiary/aromatic N) is 1. The molecule has 106 valence electrons. The Morgan fingerprint density at radius 3 is 2.75 bits per heavy atom. The summed E-state index contributed by atoms with van der Waals surface area (Å²) in [6.45, 7) is 9.60. The van der Waals surface area contributed by atoms with E-state index in [2.05, 4.69) is 51.2 Å². The number of thiazole rings is 1. The number of fused-ring (bicyclic) bond motifs is 1. The Morgan fingerprint density at radius 1 is 1.30 bits per heavy atom. The molecule has 0 fully saturated rings. The third kappa shape index (κ3) is 2.00. The number of hydrogen-bond acceptors (Lipinski definition) is 3. The number of benzene rings is 1. The minimum absolute atomic E-state index is 0.0697. The molecule has 2 nitrogen and oxygen atoms in total. The predicted molar refractivity (Wildman–Crippen MR) is 85.5 cm³/mol. The summed E-state index contributed by atoms with van der Waals surface area (Å²) in [6.07, 6.45) is 2.26. The summed E-state index contributed by atoms with van der Waals surface area (Å²) in [7, 11) is 0. The molecule has 0 aliphatic heterocycles. The molecule has 0 amide bonds. The fourth-order valence-electron chi connectivity index (χ4n) is 3.20. The molecule has 1 aromatic carbocycles. The quantitative estimate of drug-likeness (QED) is 0.926. The number of aryl methyl sites for hydroxylation is 4. The van der Waals surface area contributed by atoms with Gasteiger partial charge in [0.15, 0.2) is 0 Å². The van der Waals surface area contributed by atoms with Gasteiger partial charge >= 0.3 is 0 Å². The van der Waals surface area contributed by atoms with Gasteiger partial charge in [0, 0.05) is 4.88 Å². The second-order valence-electron chi connectivity index (χ2n) is 5.76. The normalized spacial score (nSPS) is 21.2. The van der Waals surface area contributed by atoms with E-state index >= 15 is 0 Å². The fourth-order valence-corrected chi connectivity index (χ4v) is 4.33. The number of nitrogens with one attached hydrogen (secondary N) is 1. The Hall–Kier alpha value is -1.19. The molecule has 2 aromatic rings. The zero-order valence-electron chi connectivity index (χ0n) is 12.7. The minimum Gasteiger partial charge on any atom is -0.302 e. The monoisotopic (exact) mass is 286 g/mol. The first-order chi connectivity index (χ1) is 9.56. The molecule has 1 aliphatic carbocycles. The molecule has 0 spiro atoms. The molecule has 0 radical (unpaired) electrons. The van der Waals surface area contributed by atoms with Crippen molar-refractivity contribution in [2.45, 2.75) is 46.1 Å². The van der Waals surface area contributed by atoms with Gasteiger partial charge in [-0.1, -0.05) is 30.7 Å². The van der Waals surface area contributed by atoms with E-state index in [1.165, 1.54) is 32.3 Å². The van der Waals surface area contributed by atoms with Gasteiger partial charge in [-0.3, -0.25) is 0 Å². The molecule has 1 aliphatic rings. The van der Waals surface area contributed by atoms with Crippen LogP contribution in [0.5, 0.6) is 0 Å². The van der Waals surface area contributed by atoms with Crippen molar-refractivity contribution in [2.24, 2.45) is 0 Å². The molecule has 0 bridgehead atoms. The lowest BCUT2D eigenvalue weighted by molar-refractivity contribution is 0.407. The van der Waals surface area contributed by atoms with Gasteiger partial charge in [0.1, 0.15) is 5.01 Å². The van der Waals surface area contributed by atoms with Crippen LogP contribution in [0.2, 0.25) is 0 Å². The highest BCUT2D eigenvalue weighted by Crippen LogP contribution is 2.44. The van der Waals surface area contributed by atoms with Crippen LogP contribution in [0.25, 0.3) is 0 Å². The van der Waals surface area contributed by atoms with E-state index in [1.807, 2.05) is 11.3 Å². The van der Waals surface area contributed by atoms with Crippen molar-refractivity contribution >= 4 is 11.3 Å². The molecule has 1 unspecified atom stereocenters. The van der Waals surface area contributed by atoms with Gasteiger partial charge in [-0.25, -0.2) is 4.98 Å². The number of aromatic nitrogens is 1. The van der Waals surface area contributed by atoms with Crippen LogP contribution < -0.4 is 5.32 Å². The highest BCUT2D eigenvalue weighted by molar-refractivity contribution is 7.11. The summed E-state index contributed by atoms with van der Waals surface area (Å²) >= 11 is 1.85. The number of hydrogen-bond donors (Lipinski definition) is 1. The van der Waals surface area contributed by atoms with E-state index in [1.54, 1.807) is 0 Å². The van der Waals surface area contributed by atoms with Crippen LogP contribution in [0.3, 0.4) is 0 Å². The first kappa shape index (κ1) is 13.8. The molecule has 3 heteroatoms. The number of rotatable bonds is 3. The maximum absolute atomic E-state index is 4.87. The molecule has 1 atom stereocenters. The highest BCUT2D eigenvalue weighted by atomic mass is 32.1. The van der Waals surface area contributed by atoms with Crippen LogP contribution in [0, 0.1) is 20.8 Å². The summed E-state index contributed by atoms with van der Waals surface area (Å²) in [5, 5.41) is 4.98. The second-order valence-corrected chi connectivity index (χ2v) is 6.96. The summed E-state index contributed by atoms with van der Waals surface area (Å²) in [6, 6.07) is 6.85. The van der Waals surface area contributed by atoms with Gasteiger partial charge in [0.2, 0.25) is 0 Å². The first-order valence-electron chi connectivity index (χ1n) is 7.36. The molecule has 1 aromatic heterocycles. The van der Waals surface area contributed by atoms with Crippen molar-refractivity contribution in [3.63, 3.8) is 0 Å². The minimum atomic E-state index is -0.0697. The van der Waals surface area contributed by atoms with Crippen molar-refractivity contribution in [3.8, 4) is 0 Å². The molecule has 0 saturated carbocycles. The average molecular weight is 286 g/mol. The van der Waals surface area contributed by atoms with Crippen LogP contribution in [0.1, 0.15) is 45.6 Å². The van der Waals surface area contributed by atoms with Gasteiger partial charge in [-0.15, -0.1) is 11.3 Å². The van der Waals surface area contributed by atoms with Crippen molar-refractivity contribution in [1.29, 1.82) is 0 Å². The molecule has 0 saturated heterocycles. The molecular weight excluding hydrogens is 264 g/mol. The van der Waals surface area contributed by atoms with E-state index in [-0.39, 0.29) is 5.54 Å². The van der Waals surface area contributed by atoms with Crippen molar-refractivity contribution < 1.29 is 0 Å². The zero-order valence-corrected chi connectivity index (χ0v) is 13.5. The van der Waals surface area contributed by atoms with Crippen LogP contribution >= 0.6 is 11.3 Å². The Balaban J connectivity index is 2.18. The third-order valence-electron chi connectivity index (χ3n) is 4.37. The van der Waals surface area contributed by atoms with E-state index < -0.39 is 0 Å². The van der Waals surface area contributed by atoms with Crippen molar-refractivity contribution in [3.05, 3.63) is 50.5 Å². The van der Waals surface area contributed by atoms with Gasteiger partial charge in [-0.2, -0.15) is 0 Å². The average Bonchev–Trinajstić information content (AvgIpc) is 2.93. The predicted octanol–water partition coefficient (Wildman–Crippen LogP) is 3.87. The fraction of sp³-hybridized carbons (Fsp3) is 0.471. The largest absolute Gasteiger partial charge is 0.302 e. The molecule has 20 heavy (non-hydrogen) atoms. The van der Waals surface area contributed by atoms with Crippen LogP contribution in [-0.2, 0) is 12.0 Å². The van der Waals surface area contributed by atoms with Gasteiger partial charge in [-0.05, 0) is 51.3 Å². The van der Waals surface area contributed by atoms with Crippen LogP contribution in [-0.4, -0.2) is 11.5 Å². The van der Waals surface area contributed by atoms with E-state index in [0.29, 0.717) is 0 Å². The Kier molecular flexibility index (Phi) is 3.43. The van der Waals surface area contributed by atoms with E-state index in [4.69, 9.17) is 4.98 Å². The van der Waals surface area contributed by atoms with Crippen LogP contribution in [0.4, 0.5) is 0 Å². The summed E-state index contributed by atoms with van der Waals surface area (Å²) in [5.41, 5.74) is 5.34.